The summed E-state index contributed by atoms with van der Waals surface area (Å²) in [5, 5.41) is 0. The maximum Gasteiger partial charge on any atom is 0.490 e. The highest BCUT2D eigenvalue weighted by Gasteiger charge is 2.58. The van der Waals surface area contributed by atoms with Crippen molar-refractivity contribution >= 4 is 7.12 Å². The van der Waals surface area contributed by atoms with Gasteiger partial charge in [-0.1, -0.05) is 33.8 Å². The summed E-state index contributed by atoms with van der Waals surface area (Å²) in [5.74, 6) is 0. The summed E-state index contributed by atoms with van der Waals surface area (Å²) in [4.78, 5) is 0. The second kappa shape index (κ2) is 6.01. The molecule has 0 amide bonds. The van der Waals surface area contributed by atoms with Crippen LogP contribution < -0.4 is 0 Å². The highest BCUT2D eigenvalue weighted by Crippen LogP contribution is 2.48. The van der Waals surface area contributed by atoms with Gasteiger partial charge < -0.3 is 9.31 Å². The van der Waals surface area contributed by atoms with Gasteiger partial charge in [0.2, 0.25) is 0 Å². The Kier molecular flexibility index (Phi) is 4.78. The summed E-state index contributed by atoms with van der Waals surface area (Å²) >= 11 is 0. The molecule has 0 aromatic carbocycles. The maximum absolute atomic E-state index is 6.49. The molecule has 0 unspecified atom stereocenters. The molecule has 2 nitrogen and oxygen atoms in total. The zero-order chi connectivity index (χ0) is 13.9. The highest BCUT2D eigenvalue weighted by molar-refractivity contribution is 6.54. The first-order valence-electron chi connectivity index (χ1n) is 8.21. The molecule has 0 spiro atoms. The fourth-order valence-electron chi connectivity index (χ4n) is 4.00. The Morgan fingerprint density at radius 1 is 0.947 bits per heavy atom. The van der Waals surface area contributed by atoms with Gasteiger partial charge in [-0.15, -0.1) is 0 Å². The van der Waals surface area contributed by atoms with Crippen LogP contribution >= 0.6 is 0 Å². The molecule has 2 aliphatic rings. The van der Waals surface area contributed by atoms with Crippen LogP contribution in [0.3, 0.4) is 0 Å². The van der Waals surface area contributed by atoms with E-state index in [0.717, 1.165) is 32.1 Å². The molecular weight excluding hydrogens is 235 g/mol. The minimum atomic E-state index is -0.0978. The lowest BCUT2D eigenvalue weighted by Gasteiger charge is -2.42. The lowest BCUT2D eigenvalue weighted by Crippen LogP contribution is -2.50. The van der Waals surface area contributed by atoms with Crippen molar-refractivity contribution in [1.29, 1.82) is 0 Å². The Bertz CT molecular complexity index is 310. The summed E-state index contributed by atoms with van der Waals surface area (Å²) in [6.07, 6.45) is 11.4. The van der Waals surface area contributed by atoms with Crippen molar-refractivity contribution in [2.75, 3.05) is 0 Å². The van der Waals surface area contributed by atoms with Crippen molar-refractivity contribution in [3.8, 4) is 0 Å². The summed E-state index contributed by atoms with van der Waals surface area (Å²) in [6, 6.07) is 0. The fraction of sp³-hybridized carbons (Fsp3) is 0.875. The third-order valence-corrected chi connectivity index (χ3v) is 5.41. The molecule has 1 fully saturated rings. The molecule has 1 aliphatic heterocycles. The van der Waals surface area contributed by atoms with E-state index in [1.807, 2.05) is 0 Å². The van der Waals surface area contributed by atoms with Gasteiger partial charge in [0.25, 0.3) is 0 Å². The van der Waals surface area contributed by atoms with Crippen LogP contribution in [0.2, 0.25) is 0 Å². The van der Waals surface area contributed by atoms with Crippen molar-refractivity contribution in [2.45, 2.75) is 90.3 Å². The van der Waals surface area contributed by atoms with E-state index in [-0.39, 0.29) is 18.3 Å². The van der Waals surface area contributed by atoms with Gasteiger partial charge in [-0.05, 0) is 56.8 Å². The predicted molar refractivity (Wildman–Crippen MR) is 81.1 cm³/mol. The van der Waals surface area contributed by atoms with E-state index in [0.29, 0.717) is 0 Å². The zero-order valence-electron chi connectivity index (χ0n) is 13.1. The van der Waals surface area contributed by atoms with Crippen molar-refractivity contribution in [1.82, 2.24) is 0 Å². The number of allylic oxidation sites excluding steroid dienone is 2. The van der Waals surface area contributed by atoms with E-state index in [9.17, 15) is 0 Å². The molecule has 0 bridgehead atoms. The summed E-state index contributed by atoms with van der Waals surface area (Å²) in [6.45, 7) is 8.96. The molecule has 0 aromatic heterocycles. The maximum atomic E-state index is 6.49. The molecule has 0 aromatic rings. The Morgan fingerprint density at radius 2 is 1.47 bits per heavy atom. The summed E-state index contributed by atoms with van der Waals surface area (Å²) in [5.41, 5.74) is 1.19. The molecule has 1 saturated heterocycles. The van der Waals surface area contributed by atoms with Crippen molar-refractivity contribution in [3.63, 3.8) is 0 Å². The summed E-state index contributed by atoms with van der Waals surface area (Å²) in [7, 11) is -0.0832. The lowest BCUT2D eigenvalue weighted by molar-refractivity contribution is -0.0601. The SMILES string of the molecule is CCC1(CC)OB(C2=CCCCC2)OC1(CC)CC. The van der Waals surface area contributed by atoms with Gasteiger partial charge in [0.1, 0.15) is 0 Å². The Balaban J connectivity index is 2.26. The molecule has 3 heteroatoms. The van der Waals surface area contributed by atoms with Gasteiger partial charge >= 0.3 is 7.12 Å². The Labute approximate surface area is 119 Å². The van der Waals surface area contributed by atoms with Crippen molar-refractivity contribution < 1.29 is 9.31 Å². The van der Waals surface area contributed by atoms with Crippen molar-refractivity contribution in [3.05, 3.63) is 11.5 Å². The van der Waals surface area contributed by atoms with E-state index < -0.39 is 0 Å². The number of hydrogen-bond acceptors (Lipinski definition) is 2. The molecule has 2 rings (SSSR count). The largest absolute Gasteiger partial charge is 0.490 e. The van der Waals surface area contributed by atoms with Gasteiger partial charge in [-0.3, -0.25) is 0 Å². The zero-order valence-corrected chi connectivity index (χ0v) is 13.1. The van der Waals surface area contributed by atoms with Gasteiger partial charge in [0.05, 0.1) is 11.2 Å². The van der Waals surface area contributed by atoms with Gasteiger partial charge in [-0.2, -0.15) is 0 Å². The molecule has 1 aliphatic carbocycles. The third kappa shape index (κ3) is 2.40. The van der Waals surface area contributed by atoms with E-state index in [2.05, 4.69) is 33.8 Å². The molecule has 19 heavy (non-hydrogen) atoms. The molecule has 0 radical (unpaired) electrons. The quantitative estimate of drug-likeness (QED) is 0.671. The fourth-order valence-corrected chi connectivity index (χ4v) is 4.00. The molecular formula is C16H29BO2. The average molecular weight is 264 g/mol. The first-order valence-corrected chi connectivity index (χ1v) is 8.21. The lowest BCUT2D eigenvalue weighted by atomic mass is 9.72. The monoisotopic (exact) mass is 264 g/mol. The first-order chi connectivity index (χ1) is 9.17. The van der Waals surface area contributed by atoms with Gasteiger partial charge in [-0.25, -0.2) is 0 Å². The molecule has 1 heterocycles. The van der Waals surface area contributed by atoms with E-state index in [1.165, 1.54) is 24.7 Å². The van der Waals surface area contributed by atoms with Crippen LogP contribution in [0.25, 0.3) is 0 Å². The van der Waals surface area contributed by atoms with E-state index in [4.69, 9.17) is 9.31 Å². The Morgan fingerprint density at radius 3 is 1.84 bits per heavy atom. The minimum Gasteiger partial charge on any atom is -0.399 e. The molecule has 108 valence electrons. The van der Waals surface area contributed by atoms with Crippen molar-refractivity contribution in [2.24, 2.45) is 0 Å². The topological polar surface area (TPSA) is 18.5 Å². The van der Waals surface area contributed by atoms with Crippen LogP contribution in [0.4, 0.5) is 0 Å². The third-order valence-electron chi connectivity index (χ3n) is 5.41. The van der Waals surface area contributed by atoms with Crippen LogP contribution in [-0.4, -0.2) is 18.3 Å². The van der Waals surface area contributed by atoms with Crippen LogP contribution in [0.15, 0.2) is 11.5 Å². The highest BCUT2D eigenvalue weighted by atomic mass is 16.7. The number of rotatable bonds is 5. The number of hydrogen-bond donors (Lipinski definition) is 0. The first kappa shape index (κ1) is 15.1. The van der Waals surface area contributed by atoms with Gasteiger partial charge in [0, 0.05) is 0 Å². The van der Waals surface area contributed by atoms with E-state index >= 15 is 0 Å². The normalized spacial score (nSPS) is 25.5. The van der Waals surface area contributed by atoms with Crippen LogP contribution in [0.5, 0.6) is 0 Å². The standard InChI is InChI=1S/C16H29BO2/c1-5-15(6-2)16(7-3,8-4)19-17(18-15)14-12-10-9-11-13-14/h12H,5-11,13H2,1-4H3. The Hall–Kier alpha value is -0.275. The van der Waals surface area contributed by atoms with Crippen LogP contribution in [0.1, 0.15) is 79.1 Å². The molecule has 0 N–H and O–H groups in total. The molecule has 0 atom stereocenters. The second-order valence-corrected chi connectivity index (χ2v) is 6.00. The second-order valence-electron chi connectivity index (χ2n) is 6.00. The minimum absolute atomic E-state index is 0.0832. The van der Waals surface area contributed by atoms with Crippen LogP contribution in [0, 0.1) is 0 Å². The molecule has 0 saturated carbocycles. The van der Waals surface area contributed by atoms with E-state index in [1.54, 1.807) is 0 Å². The smallest absolute Gasteiger partial charge is 0.399 e. The van der Waals surface area contributed by atoms with Gasteiger partial charge in [0.15, 0.2) is 0 Å². The summed E-state index contributed by atoms with van der Waals surface area (Å²) < 4.78 is 13.0. The van der Waals surface area contributed by atoms with Crippen LogP contribution in [-0.2, 0) is 9.31 Å². The predicted octanol–water partition coefficient (Wildman–Crippen LogP) is 4.68. The average Bonchev–Trinajstić information content (AvgIpc) is 2.83.